The van der Waals surface area contributed by atoms with Crippen molar-refractivity contribution in [2.75, 3.05) is 12.4 Å². The number of benzene rings is 1. The van der Waals surface area contributed by atoms with Crippen LogP contribution < -0.4 is 5.32 Å². The molecule has 1 aromatic carbocycles. The monoisotopic (exact) mass is 522 g/mol. The van der Waals surface area contributed by atoms with Crippen molar-refractivity contribution in [2.24, 2.45) is 0 Å². The van der Waals surface area contributed by atoms with E-state index < -0.39 is 34.7 Å². The fourth-order valence-corrected chi connectivity index (χ4v) is 6.40. The van der Waals surface area contributed by atoms with Crippen LogP contribution in [0, 0.1) is 0 Å². The third-order valence-corrected chi connectivity index (χ3v) is 8.09. The minimum absolute atomic E-state index is 0.159. The van der Waals surface area contributed by atoms with E-state index in [0.717, 1.165) is 22.9 Å². The van der Waals surface area contributed by atoms with E-state index in [1.54, 1.807) is 0 Å². The van der Waals surface area contributed by atoms with E-state index in [4.69, 9.17) is 4.74 Å². The van der Waals surface area contributed by atoms with Gasteiger partial charge in [0.1, 0.15) is 23.7 Å². The van der Waals surface area contributed by atoms with Gasteiger partial charge in [0.15, 0.2) is 0 Å². The zero-order valence-electron chi connectivity index (χ0n) is 17.4. The van der Waals surface area contributed by atoms with Crippen LogP contribution in [0.1, 0.15) is 38.2 Å². The van der Waals surface area contributed by atoms with Crippen LogP contribution in [0.4, 0.5) is 0 Å². The van der Waals surface area contributed by atoms with Gasteiger partial charge in [0.2, 0.25) is 5.91 Å². The molecule has 0 radical (unpaired) electrons. The Hall–Kier alpha value is -2.33. The van der Waals surface area contributed by atoms with Crippen LogP contribution in [0.15, 0.2) is 40.0 Å². The van der Waals surface area contributed by atoms with Crippen LogP contribution in [-0.4, -0.2) is 57.5 Å². The minimum atomic E-state index is -1.25. The predicted octanol–water partition coefficient (Wildman–Crippen LogP) is 2.56. The van der Waals surface area contributed by atoms with E-state index in [0.29, 0.717) is 24.2 Å². The first-order valence-corrected chi connectivity index (χ1v) is 12.2. The topological polar surface area (TPSA) is 113 Å². The summed E-state index contributed by atoms with van der Waals surface area (Å²) in [5.41, 5.74) is 0.425. The SMILES string of the molecule is CC(=O)OCC1=C(C(=O)O)N2C(=O)[C@H](NC(=O)C3(c4cccc(Br)c4)CCCC3)[C@H]2SC1. The second-order valence-corrected chi connectivity index (χ2v) is 10.2. The molecular formula is C22H23BrN2O6S. The molecule has 8 nitrogen and oxygen atoms in total. The molecule has 2 aliphatic heterocycles. The number of rotatable bonds is 6. The van der Waals surface area contributed by atoms with Gasteiger partial charge in [-0.2, -0.15) is 0 Å². The number of thioether (sulfide) groups is 1. The molecule has 1 saturated heterocycles. The van der Waals surface area contributed by atoms with Crippen LogP contribution in [-0.2, 0) is 29.3 Å². The summed E-state index contributed by atoms with van der Waals surface area (Å²) >= 11 is 4.83. The number of β-lactam (4-membered cyclic amide) rings is 1. The maximum Gasteiger partial charge on any atom is 0.352 e. The summed E-state index contributed by atoms with van der Waals surface area (Å²) in [5.74, 6) is -2.14. The predicted molar refractivity (Wildman–Crippen MR) is 121 cm³/mol. The molecule has 1 aromatic rings. The summed E-state index contributed by atoms with van der Waals surface area (Å²) in [6.45, 7) is 1.06. The smallest absolute Gasteiger partial charge is 0.352 e. The first kappa shape index (κ1) is 22.8. The van der Waals surface area contributed by atoms with Crippen LogP contribution in [0.2, 0.25) is 0 Å². The Bertz CT molecular complexity index is 1020. The minimum Gasteiger partial charge on any atom is -0.477 e. The van der Waals surface area contributed by atoms with E-state index in [9.17, 15) is 24.3 Å². The number of halogens is 1. The molecular weight excluding hydrogens is 500 g/mol. The number of nitrogens with zero attached hydrogens (tertiary/aromatic N) is 1. The molecule has 2 heterocycles. The number of ether oxygens (including phenoxy) is 1. The number of amides is 2. The maximum absolute atomic E-state index is 13.5. The number of hydrogen-bond acceptors (Lipinski definition) is 6. The summed E-state index contributed by atoms with van der Waals surface area (Å²) in [4.78, 5) is 50.6. The summed E-state index contributed by atoms with van der Waals surface area (Å²) in [5, 5.41) is 12.1. The zero-order chi connectivity index (χ0) is 23.0. The van der Waals surface area contributed by atoms with Gasteiger partial charge in [-0.3, -0.25) is 19.3 Å². The van der Waals surface area contributed by atoms with Gasteiger partial charge in [-0.15, -0.1) is 11.8 Å². The first-order valence-electron chi connectivity index (χ1n) is 10.3. The van der Waals surface area contributed by atoms with E-state index in [1.165, 1.54) is 23.6 Å². The highest BCUT2D eigenvalue weighted by Gasteiger charge is 2.56. The molecule has 0 bridgehead atoms. The highest BCUT2D eigenvalue weighted by atomic mass is 79.9. The molecule has 2 fully saturated rings. The van der Waals surface area contributed by atoms with Crippen molar-refractivity contribution in [3.8, 4) is 0 Å². The maximum atomic E-state index is 13.5. The molecule has 0 spiro atoms. The molecule has 2 N–H and O–H groups in total. The zero-order valence-corrected chi connectivity index (χ0v) is 19.8. The van der Waals surface area contributed by atoms with E-state index in [-0.39, 0.29) is 18.2 Å². The normalized spacial score (nSPS) is 23.9. The molecule has 0 aromatic heterocycles. The fourth-order valence-electron chi connectivity index (χ4n) is 4.67. The van der Waals surface area contributed by atoms with E-state index in [2.05, 4.69) is 21.2 Å². The van der Waals surface area contributed by atoms with Crippen molar-refractivity contribution in [1.29, 1.82) is 0 Å². The van der Waals surface area contributed by atoms with Crippen molar-refractivity contribution in [3.05, 3.63) is 45.6 Å². The number of esters is 1. The lowest BCUT2D eigenvalue weighted by molar-refractivity contribution is -0.151. The quantitative estimate of drug-likeness (QED) is 0.435. The van der Waals surface area contributed by atoms with Crippen molar-refractivity contribution < 1.29 is 29.0 Å². The van der Waals surface area contributed by atoms with Crippen molar-refractivity contribution >= 4 is 51.4 Å². The fraction of sp³-hybridized carbons (Fsp3) is 0.455. The average molecular weight is 523 g/mol. The molecule has 4 rings (SSSR count). The molecule has 32 heavy (non-hydrogen) atoms. The molecule has 170 valence electrons. The number of nitrogens with one attached hydrogen (secondary N) is 1. The number of hydrogen-bond donors (Lipinski definition) is 2. The van der Waals surface area contributed by atoms with Gasteiger partial charge in [-0.1, -0.05) is 40.9 Å². The molecule has 2 amide bonds. The Labute approximate surface area is 197 Å². The third-order valence-electron chi connectivity index (χ3n) is 6.26. The Morgan fingerprint density at radius 2 is 2.03 bits per heavy atom. The Morgan fingerprint density at radius 1 is 1.31 bits per heavy atom. The Morgan fingerprint density at radius 3 is 2.66 bits per heavy atom. The van der Waals surface area contributed by atoms with Crippen LogP contribution in [0.3, 0.4) is 0 Å². The third kappa shape index (κ3) is 3.94. The number of carboxylic acids is 1. The summed E-state index contributed by atoms with van der Waals surface area (Å²) in [7, 11) is 0. The lowest BCUT2D eigenvalue weighted by Gasteiger charge is -2.50. The van der Waals surface area contributed by atoms with Gasteiger partial charge < -0.3 is 15.2 Å². The van der Waals surface area contributed by atoms with Gasteiger partial charge in [0.05, 0.1) is 5.41 Å². The summed E-state index contributed by atoms with van der Waals surface area (Å²) < 4.78 is 5.84. The van der Waals surface area contributed by atoms with E-state index >= 15 is 0 Å². The lowest BCUT2D eigenvalue weighted by Crippen LogP contribution is -2.71. The molecule has 10 heteroatoms. The average Bonchev–Trinajstić information content (AvgIpc) is 3.26. The number of carbonyl (C=O) groups excluding carboxylic acids is 3. The first-order chi connectivity index (χ1) is 15.2. The van der Waals surface area contributed by atoms with Gasteiger partial charge >= 0.3 is 11.9 Å². The van der Waals surface area contributed by atoms with Crippen LogP contribution >= 0.6 is 27.7 Å². The van der Waals surface area contributed by atoms with Crippen molar-refractivity contribution in [1.82, 2.24) is 10.2 Å². The molecule has 1 saturated carbocycles. The van der Waals surface area contributed by atoms with Gasteiger partial charge in [-0.25, -0.2) is 4.79 Å². The Balaban J connectivity index is 1.54. The Kier molecular flexibility index (Phi) is 6.35. The number of carbonyl (C=O) groups is 4. The highest BCUT2D eigenvalue weighted by molar-refractivity contribution is 9.10. The largest absolute Gasteiger partial charge is 0.477 e. The van der Waals surface area contributed by atoms with Crippen molar-refractivity contribution in [2.45, 2.75) is 49.4 Å². The second-order valence-electron chi connectivity index (χ2n) is 8.20. The standard InChI is InChI=1S/C22H23BrN2O6S/c1-12(26)31-10-13-11-32-19-16(18(27)25(19)17(13)20(28)29)24-21(30)22(7-2-3-8-22)14-5-4-6-15(23)9-14/h4-6,9,16,19H,2-3,7-8,10-11H2,1H3,(H,24,30)(H,28,29)/t16-,19+/m0/s1. The summed E-state index contributed by atoms with van der Waals surface area (Å²) in [6.07, 6.45) is 3.25. The molecule has 2 atom stereocenters. The molecule has 0 unspecified atom stereocenters. The lowest BCUT2D eigenvalue weighted by atomic mass is 9.77. The van der Waals surface area contributed by atoms with Gasteiger partial charge in [0.25, 0.3) is 5.91 Å². The molecule has 1 aliphatic carbocycles. The van der Waals surface area contributed by atoms with Crippen LogP contribution in [0.5, 0.6) is 0 Å². The summed E-state index contributed by atoms with van der Waals surface area (Å²) in [6, 6.07) is 6.90. The van der Waals surface area contributed by atoms with E-state index in [1.807, 2.05) is 24.3 Å². The van der Waals surface area contributed by atoms with Gasteiger partial charge in [0, 0.05) is 22.7 Å². The second kappa shape index (κ2) is 8.90. The van der Waals surface area contributed by atoms with Crippen molar-refractivity contribution in [3.63, 3.8) is 0 Å². The molecule has 3 aliphatic rings. The van der Waals surface area contributed by atoms with Crippen LogP contribution in [0.25, 0.3) is 0 Å². The number of aliphatic carboxylic acids is 1. The number of fused-ring (bicyclic) bond motifs is 1. The van der Waals surface area contributed by atoms with Gasteiger partial charge in [-0.05, 0) is 30.5 Å². The number of carboxylic acid groups (broad SMARTS) is 1. The highest BCUT2D eigenvalue weighted by Crippen LogP contribution is 2.44.